The Morgan fingerprint density at radius 2 is 2.00 bits per heavy atom. The van der Waals surface area contributed by atoms with Crippen LogP contribution in [0.4, 0.5) is 0 Å². The van der Waals surface area contributed by atoms with Crippen LogP contribution in [0, 0.1) is 23.2 Å². The third-order valence-corrected chi connectivity index (χ3v) is 6.89. The first-order valence-electron chi connectivity index (χ1n) is 9.22. The van der Waals surface area contributed by atoms with Gasteiger partial charge in [-0.05, 0) is 41.9 Å². The van der Waals surface area contributed by atoms with Crippen LogP contribution in [0.3, 0.4) is 0 Å². The van der Waals surface area contributed by atoms with Crippen molar-refractivity contribution in [3.05, 3.63) is 47.0 Å². The molecule has 0 amide bonds. The van der Waals surface area contributed by atoms with Gasteiger partial charge in [-0.25, -0.2) is 0 Å². The minimum Gasteiger partial charge on any atom is -0.468 e. The van der Waals surface area contributed by atoms with E-state index in [1.807, 2.05) is 37.3 Å². The number of benzene rings is 1. The van der Waals surface area contributed by atoms with Crippen LogP contribution in [0.5, 0.6) is 0 Å². The van der Waals surface area contributed by atoms with E-state index in [2.05, 4.69) is 6.92 Å². The topological polar surface area (TPSA) is 63.6 Å². The molecule has 0 aliphatic heterocycles. The van der Waals surface area contributed by atoms with Crippen LogP contribution in [-0.4, -0.2) is 30.6 Å². The lowest BCUT2D eigenvalue weighted by Crippen LogP contribution is -2.47. The van der Waals surface area contributed by atoms with Crippen molar-refractivity contribution in [3.8, 4) is 0 Å². The summed E-state index contributed by atoms with van der Waals surface area (Å²) in [6.07, 6.45) is 2.87. The van der Waals surface area contributed by atoms with Gasteiger partial charge in [-0.1, -0.05) is 42.8 Å². The Balaban J connectivity index is 1.91. The van der Waals surface area contributed by atoms with E-state index < -0.39 is 11.4 Å². The van der Waals surface area contributed by atoms with E-state index in [1.54, 1.807) is 0 Å². The summed E-state index contributed by atoms with van der Waals surface area (Å²) in [5, 5.41) is 10.4. The number of aliphatic hydroxyl groups excluding tert-OH is 1. The molecule has 1 aromatic carbocycles. The Morgan fingerprint density at radius 3 is 2.62 bits per heavy atom. The van der Waals surface area contributed by atoms with E-state index in [-0.39, 0.29) is 36.6 Å². The zero-order chi connectivity index (χ0) is 18.6. The lowest BCUT2D eigenvalue weighted by atomic mass is 9.62. The third kappa shape index (κ3) is 1.94. The Kier molecular flexibility index (Phi) is 3.92. The molecule has 3 aliphatic rings. The quantitative estimate of drug-likeness (QED) is 0.655. The fourth-order valence-electron chi connectivity index (χ4n) is 5.69. The van der Waals surface area contributed by atoms with E-state index in [4.69, 9.17) is 4.74 Å². The molecule has 4 rings (SSSR count). The number of carbonyl (C=O) groups is 2. The van der Waals surface area contributed by atoms with Crippen LogP contribution >= 0.6 is 0 Å². The highest BCUT2D eigenvalue weighted by Crippen LogP contribution is 2.62. The lowest BCUT2D eigenvalue weighted by molar-refractivity contribution is -0.162. The lowest BCUT2D eigenvalue weighted by Gasteiger charge is -2.41. The first kappa shape index (κ1) is 17.2. The van der Waals surface area contributed by atoms with Crippen LogP contribution in [-0.2, 0) is 14.3 Å². The first-order chi connectivity index (χ1) is 12.5. The third-order valence-electron chi connectivity index (χ3n) is 6.89. The number of hydrogen-bond acceptors (Lipinski definition) is 4. The molecule has 26 heavy (non-hydrogen) atoms. The average molecular weight is 352 g/mol. The van der Waals surface area contributed by atoms with Gasteiger partial charge in [0.15, 0.2) is 5.78 Å². The van der Waals surface area contributed by atoms with Crippen LogP contribution in [0.15, 0.2) is 35.9 Å². The van der Waals surface area contributed by atoms with Crippen molar-refractivity contribution >= 4 is 22.9 Å². The zero-order valence-electron chi connectivity index (χ0n) is 15.4. The molecule has 2 bridgehead atoms. The highest BCUT2D eigenvalue weighted by molar-refractivity contribution is 6.34. The smallest absolute Gasteiger partial charge is 0.315 e. The summed E-state index contributed by atoms with van der Waals surface area (Å²) < 4.78 is 5.13. The number of ketones is 1. The van der Waals surface area contributed by atoms with Crippen LogP contribution in [0.2, 0.25) is 0 Å². The molecule has 4 nitrogen and oxygen atoms in total. The monoisotopic (exact) mass is 352 g/mol. The summed E-state index contributed by atoms with van der Waals surface area (Å²) in [6, 6.07) is 7.96. The Bertz CT molecular complexity index is 863. The van der Waals surface area contributed by atoms with Crippen LogP contribution in [0.1, 0.15) is 37.8 Å². The first-order valence-corrected chi connectivity index (χ1v) is 9.22. The largest absolute Gasteiger partial charge is 0.468 e. The maximum atomic E-state index is 13.1. The number of aliphatic hydroxyl groups is 1. The minimum atomic E-state index is -1.05. The van der Waals surface area contributed by atoms with Gasteiger partial charge < -0.3 is 9.84 Å². The van der Waals surface area contributed by atoms with Gasteiger partial charge in [0, 0.05) is 17.9 Å². The number of hydrogen-bond donors (Lipinski definition) is 1. The highest BCUT2D eigenvalue weighted by atomic mass is 16.5. The second kappa shape index (κ2) is 5.92. The highest BCUT2D eigenvalue weighted by Gasteiger charge is 2.62. The number of ether oxygens (including phenoxy) is 1. The molecular formula is C22H24O4. The van der Waals surface area contributed by atoms with Crippen LogP contribution in [0.25, 0.3) is 11.1 Å². The van der Waals surface area contributed by atoms with Crippen molar-refractivity contribution in [1.82, 2.24) is 0 Å². The number of methoxy groups -OCH3 is 1. The van der Waals surface area contributed by atoms with Gasteiger partial charge in [0.25, 0.3) is 0 Å². The molecule has 3 aliphatic carbocycles. The summed E-state index contributed by atoms with van der Waals surface area (Å²) in [6.45, 7) is 3.76. The van der Waals surface area contributed by atoms with Crippen molar-refractivity contribution in [3.63, 3.8) is 0 Å². The Morgan fingerprint density at radius 1 is 1.31 bits per heavy atom. The van der Waals surface area contributed by atoms with E-state index >= 15 is 0 Å². The summed E-state index contributed by atoms with van der Waals surface area (Å²) >= 11 is 0. The van der Waals surface area contributed by atoms with E-state index in [9.17, 15) is 14.7 Å². The number of rotatable bonds is 2. The molecule has 136 valence electrons. The summed E-state index contributed by atoms with van der Waals surface area (Å²) in [4.78, 5) is 26.0. The maximum absolute atomic E-state index is 13.1. The predicted octanol–water partition coefficient (Wildman–Crippen LogP) is 3.25. The molecule has 0 spiro atoms. The molecule has 0 radical (unpaired) electrons. The summed E-state index contributed by atoms with van der Waals surface area (Å²) in [5.41, 5.74) is 4.04. The van der Waals surface area contributed by atoms with Gasteiger partial charge in [0.05, 0.1) is 13.7 Å². The van der Waals surface area contributed by atoms with Crippen molar-refractivity contribution in [2.24, 2.45) is 23.2 Å². The molecule has 1 aromatic rings. The van der Waals surface area contributed by atoms with E-state index in [0.29, 0.717) is 6.42 Å². The maximum Gasteiger partial charge on any atom is 0.315 e. The second-order valence-electron chi connectivity index (χ2n) is 7.66. The van der Waals surface area contributed by atoms with Crippen molar-refractivity contribution in [1.29, 1.82) is 0 Å². The molecule has 0 heterocycles. The molecule has 0 saturated heterocycles. The standard InChI is InChI=1S/C22H24O4/c1-4-13-12(2)17-9-16-14-7-5-6-8-15(14)20(16)19(24)10-18(13)22(17,11-23)21(25)26-3/h4-8,12,17-18,23H,9-11H2,1-3H3/b13-4-. The van der Waals surface area contributed by atoms with Gasteiger partial charge >= 0.3 is 5.97 Å². The summed E-state index contributed by atoms with van der Waals surface area (Å²) in [5.74, 6) is -0.606. The molecule has 4 atom stereocenters. The fraction of sp³-hybridized carbons (Fsp3) is 0.455. The molecule has 0 aromatic heterocycles. The number of carbonyl (C=O) groups excluding carboxylic acids is 2. The van der Waals surface area contributed by atoms with Gasteiger partial charge in [0.2, 0.25) is 0 Å². The Labute approximate surface area is 153 Å². The number of esters is 1. The van der Waals surface area contributed by atoms with Crippen LogP contribution < -0.4 is 0 Å². The second-order valence-corrected chi connectivity index (χ2v) is 7.66. The molecule has 1 fully saturated rings. The van der Waals surface area contributed by atoms with Crippen molar-refractivity contribution < 1.29 is 19.4 Å². The number of allylic oxidation sites excluding steroid dienone is 4. The number of Topliss-reactive ketones (excluding diaryl/α,β-unsaturated/α-hetero) is 1. The van der Waals surface area contributed by atoms with Crippen molar-refractivity contribution in [2.45, 2.75) is 26.7 Å². The van der Waals surface area contributed by atoms with Gasteiger partial charge in [-0.2, -0.15) is 0 Å². The number of fused-ring (bicyclic) bond motifs is 5. The van der Waals surface area contributed by atoms with Gasteiger partial charge in [0.1, 0.15) is 5.41 Å². The fourth-order valence-corrected chi connectivity index (χ4v) is 5.69. The van der Waals surface area contributed by atoms with E-state index in [1.165, 1.54) is 7.11 Å². The van der Waals surface area contributed by atoms with Gasteiger partial charge in [-0.3, -0.25) is 9.59 Å². The van der Waals surface area contributed by atoms with Gasteiger partial charge in [-0.15, -0.1) is 0 Å². The molecular weight excluding hydrogens is 328 g/mol. The summed E-state index contributed by atoms with van der Waals surface area (Å²) in [7, 11) is 1.36. The zero-order valence-corrected chi connectivity index (χ0v) is 15.4. The van der Waals surface area contributed by atoms with Crippen molar-refractivity contribution in [2.75, 3.05) is 13.7 Å². The van der Waals surface area contributed by atoms with E-state index in [0.717, 1.165) is 27.8 Å². The minimum absolute atomic E-state index is 0.0670. The average Bonchev–Trinajstić information content (AvgIpc) is 2.87. The SMILES string of the molecule is C/C=C1/C(C)C2CC3=C(C(=O)CC1C2(CO)C(=O)OC)c1ccccc13. The molecule has 1 saturated carbocycles. The molecule has 4 unspecified atom stereocenters. The molecule has 1 N–H and O–H groups in total. The molecule has 4 heteroatoms. The Hall–Kier alpha value is -2.20. The predicted molar refractivity (Wildman–Crippen MR) is 98.9 cm³/mol. The normalized spacial score (nSPS) is 33.9.